The Labute approximate surface area is 216 Å². The van der Waals surface area contributed by atoms with Crippen LogP contribution < -0.4 is 5.32 Å². The van der Waals surface area contributed by atoms with Gasteiger partial charge in [-0.25, -0.2) is 4.68 Å². The summed E-state index contributed by atoms with van der Waals surface area (Å²) in [6.45, 7) is 2.71. The molecule has 192 valence electrons. The van der Waals surface area contributed by atoms with Gasteiger partial charge in [-0.2, -0.15) is 15.5 Å². The zero-order valence-corrected chi connectivity index (χ0v) is 21.3. The molecule has 2 aliphatic rings. The van der Waals surface area contributed by atoms with E-state index in [0.29, 0.717) is 24.1 Å². The summed E-state index contributed by atoms with van der Waals surface area (Å²) in [5.41, 5.74) is 4.14. The predicted molar refractivity (Wildman–Crippen MR) is 138 cm³/mol. The average Bonchev–Trinajstić information content (AvgIpc) is 3.50. The summed E-state index contributed by atoms with van der Waals surface area (Å²) in [5.74, 6) is -1.09. The third-order valence-electron chi connectivity index (χ3n) is 7.49. The number of rotatable bonds is 6. The Bertz CT molecular complexity index is 1330. The van der Waals surface area contributed by atoms with Crippen molar-refractivity contribution in [1.82, 2.24) is 19.6 Å². The number of carbonyl (C=O) groups is 2. The zero-order chi connectivity index (χ0) is 25.9. The first kappa shape index (κ1) is 24.9. The molecule has 0 spiro atoms. The van der Waals surface area contributed by atoms with E-state index in [1.54, 1.807) is 7.05 Å². The Morgan fingerprint density at radius 1 is 1.08 bits per heavy atom. The SMILES string of the molecule is Cc1cc(-c2ccc(C(=O)[C@H]3CCCC[C@@H]3C(=O)Nc3cnn(C)c3C#N)cc2)n(C2CCCCO2)n1. The fourth-order valence-electron chi connectivity index (χ4n) is 5.53. The van der Waals surface area contributed by atoms with Crippen molar-refractivity contribution in [2.24, 2.45) is 18.9 Å². The van der Waals surface area contributed by atoms with Gasteiger partial charge in [0.15, 0.2) is 17.7 Å². The van der Waals surface area contributed by atoms with Crippen LogP contribution in [0.4, 0.5) is 5.69 Å². The van der Waals surface area contributed by atoms with Crippen LogP contribution in [0.3, 0.4) is 0 Å². The molecule has 1 unspecified atom stereocenters. The van der Waals surface area contributed by atoms with E-state index < -0.39 is 11.8 Å². The van der Waals surface area contributed by atoms with Crippen LogP contribution in [0.2, 0.25) is 0 Å². The molecule has 1 aromatic carbocycles. The molecular weight excluding hydrogens is 468 g/mol. The molecule has 9 heteroatoms. The highest BCUT2D eigenvalue weighted by molar-refractivity contribution is 6.03. The van der Waals surface area contributed by atoms with Gasteiger partial charge in [0.05, 0.1) is 23.3 Å². The molecule has 3 heterocycles. The predicted octanol–water partition coefficient (Wildman–Crippen LogP) is 4.79. The van der Waals surface area contributed by atoms with Crippen molar-refractivity contribution in [2.45, 2.75) is 58.1 Å². The van der Waals surface area contributed by atoms with E-state index in [-0.39, 0.29) is 23.6 Å². The van der Waals surface area contributed by atoms with Crippen molar-refractivity contribution in [3.05, 3.63) is 53.5 Å². The number of carbonyl (C=O) groups excluding carboxylic acids is 2. The summed E-state index contributed by atoms with van der Waals surface area (Å²) in [4.78, 5) is 26.8. The van der Waals surface area contributed by atoms with Gasteiger partial charge in [0, 0.05) is 31.1 Å². The maximum atomic E-state index is 13.6. The molecule has 0 radical (unpaired) electrons. The first-order valence-electron chi connectivity index (χ1n) is 13.0. The number of ether oxygens (including phenoxy) is 1. The number of ketones is 1. The Morgan fingerprint density at radius 3 is 2.51 bits per heavy atom. The fraction of sp³-hybridized carbons (Fsp3) is 0.464. The van der Waals surface area contributed by atoms with Crippen molar-refractivity contribution < 1.29 is 14.3 Å². The smallest absolute Gasteiger partial charge is 0.228 e. The van der Waals surface area contributed by atoms with Crippen LogP contribution >= 0.6 is 0 Å². The van der Waals surface area contributed by atoms with Crippen LogP contribution in [-0.2, 0) is 16.6 Å². The van der Waals surface area contributed by atoms with Crippen molar-refractivity contribution in [3.63, 3.8) is 0 Å². The largest absolute Gasteiger partial charge is 0.356 e. The molecule has 3 atom stereocenters. The van der Waals surface area contributed by atoms with E-state index in [2.05, 4.69) is 21.6 Å². The second kappa shape index (κ2) is 10.7. The van der Waals surface area contributed by atoms with Crippen LogP contribution in [-0.4, -0.2) is 37.9 Å². The van der Waals surface area contributed by atoms with Gasteiger partial charge in [0.1, 0.15) is 6.07 Å². The normalized spacial score (nSPS) is 21.8. The molecule has 1 aliphatic heterocycles. The average molecular weight is 501 g/mol. The maximum absolute atomic E-state index is 13.6. The Morgan fingerprint density at radius 2 is 1.81 bits per heavy atom. The molecule has 0 bridgehead atoms. The van der Waals surface area contributed by atoms with E-state index in [0.717, 1.165) is 55.7 Å². The molecule has 1 amide bonds. The lowest BCUT2D eigenvalue weighted by Gasteiger charge is -2.29. The maximum Gasteiger partial charge on any atom is 0.228 e. The van der Waals surface area contributed by atoms with Gasteiger partial charge < -0.3 is 10.1 Å². The third-order valence-corrected chi connectivity index (χ3v) is 7.49. The van der Waals surface area contributed by atoms with Crippen molar-refractivity contribution >= 4 is 17.4 Å². The van der Waals surface area contributed by atoms with Crippen LogP contribution in [0.1, 0.15) is 72.9 Å². The van der Waals surface area contributed by atoms with Gasteiger partial charge in [0.2, 0.25) is 5.91 Å². The molecule has 9 nitrogen and oxygen atoms in total. The second-order valence-electron chi connectivity index (χ2n) is 10.0. The number of hydrogen-bond acceptors (Lipinski definition) is 6. The lowest BCUT2D eigenvalue weighted by Crippen LogP contribution is -2.36. The van der Waals surface area contributed by atoms with Crippen LogP contribution in [0.25, 0.3) is 11.3 Å². The third kappa shape index (κ3) is 5.07. The number of nitrogens with one attached hydrogen (secondary N) is 1. The van der Waals surface area contributed by atoms with Gasteiger partial charge in [-0.05, 0) is 50.7 Å². The summed E-state index contributed by atoms with van der Waals surface area (Å²) in [5, 5.41) is 20.9. The lowest BCUT2D eigenvalue weighted by molar-refractivity contribution is -0.122. The standard InChI is InChI=1S/C28H32N6O3/c1-18-15-24(34(32-18)26-9-5-6-14-37-26)19-10-12-20(13-11-19)27(35)21-7-3-4-8-22(21)28(36)31-23-17-30-33(2)25(23)16-29/h10-13,15,17,21-22,26H,3-9,14H2,1-2H3,(H,31,36)/t21-,22-,26?/m0/s1. The molecule has 1 aliphatic carbocycles. The molecule has 1 saturated heterocycles. The number of hydrogen-bond donors (Lipinski definition) is 1. The van der Waals surface area contributed by atoms with E-state index in [1.165, 1.54) is 10.9 Å². The molecule has 2 fully saturated rings. The van der Waals surface area contributed by atoms with Gasteiger partial charge in [-0.15, -0.1) is 0 Å². The number of aromatic nitrogens is 4. The highest BCUT2D eigenvalue weighted by Gasteiger charge is 2.36. The van der Waals surface area contributed by atoms with E-state index in [9.17, 15) is 14.9 Å². The van der Waals surface area contributed by atoms with Crippen molar-refractivity contribution in [1.29, 1.82) is 5.26 Å². The summed E-state index contributed by atoms with van der Waals surface area (Å²) in [7, 11) is 1.65. The molecule has 3 aromatic rings. The number of benzene rings is 1. The van der Waals surface area contributed by atoms with E-state index >= 15 is 0 Å². The number of nitriles is 1. The van der Waals surface area contributed by atoms with Gasteiger partial charge in [-0.1, -0.05) is 37.1 Å². The Hall–Kier alpha value is -3.77. The van der Waals surface area contributed by atoms with Crippen molar-refractivity contribution in [2.75, 3.05) is 11.9 Å². The molecular formula is C28H32N6O3. The molecule has 1 saturated carbocycles. The highest BCUT2D eigenvalue weighted by Crippen LogP contribution is 2.35. The molecule has 5 rings (SSSR count). The first-order chi connectivity index (χ1) is 18.0. The second-order valence-corrected chi connectivity index (χ2v) is 10.0. The van der Waals surface area contributed by atoms with Crippen molar-refractivity contribution in [3.8, 4) is 17.3 Å². The van der Waals surface area contributed by atoms with Crippen LogP contribution in [0, 0.1) is 30.1 Å². The minimum Gasteiger partial charge on any atom is -0.356 e. The molecule has 37 heavy (non-hydrogen) atoms. The number of aryl methyl sites for hydroxylation is 2. The van der Waals surface area contributed by atoms with Crippen LogP contribution in [0.5, 0.6) is 0 Å². The van der Waals surface area contributed by atoms with Gasteiger partial charge in [0.25, 0.3) is 0 Å². The highest BCUT2D eigenvalue weighted by atomic mass is 16.5. The summed E-state index contributed by atoms with van der Waals surface area (Å²) in [6.07, 6.45) is 7.64. The topological polar surface area (TPSA) is 115 Å². The Balaban J connectivity index is 1.34. The van der Waals surface area contributed by atoms with Gasteiger partial charge >= 0.3 is 0 Å². The summed E-state index contributed by atoms with van der Waals surface area (Å²) >= 11 is 0. The monoisotopic (exact) mass is 500 g/mol. The van der Waals surface area contributed by atoms with Crippen LogP contribution in [0.15, 0.2) is 36.5 Å². The lowest BCUT2D eigenvalue weighted by atomic mass is 9.75. The summed E-state index contributed by atoms with van der Waals surface area (Å²) in [6, 6.07) is 11.7. The number of Topliss-reactive ketones (excluding diaryl/α,β-unsaturated/α-hetero) is 1. The van der Waals surface area contributed by atoms with E-state index in [4.69, 9.17) is 4.74 Å². The van der Waals surface area contributed by atoms with E-state index in [1.807, 2.05) is 41.9 Å². The zero-order valence-electron chi connectivity index (χ0n) is 21.3. The molecule has 2 aromatic heterocycles. The van der Waals surface area contributed by atoms with Gasteiger partial charge in [-0.3, -0.25) is 14.3 Å². The number of nitrogens with zero attached hydrogens (tertiary/aromatic N) is 5. The Kier molecular flexibility index (Phi) is 7.19. The minimum atomic E-state index is -0.444. The fourth-order valence-corrected chi connectivity index (χ4v) is 5.53. The minimum absolute atomic E-state index is 0.0154. The number of amides is 1. The molecule has 1 N–H and O–H groups in total. The summed E-state index contributed by atoms with van der Waals surface area (Å²) < 4.78 is 9.34. The first-order valence-corrected chi connectivity index (χ1v) is 13.0. The number of anilines is 1. The quantitative estimate of drug-likeness (QED) is 0.487.